The van der Waals surface area contributed by atoms with E-state index in [1.807, 2.05) is 31.7 Å². The van der Waals surface area contributed by atoms with E-state index in [1.165, 1.54) is 10.5 Å². The number of piperazine rings is 1. The molecular weight excluding hydrogens is 328 g/mol. The molecule has 1 aliphatic carbocycles. The van der Waals surface area contributed by atoms with Crippen molar-refractivity contribution in [2.75, 3.05) is 26.2 Å². The zero-order valence-corrected chi connectivity index (χ0v) is 16.0. The lowest BCUT2D eigenvalue weighted by Crippen LogP contribution is -3.13. The highest BCUT2D eigenvalue weighted by molar-refractivity contribution is 5.96. The average Bonchev–Trinajstić information content (AvgIpc) is 2.93. The second-order valence-electron chi connectivity index (χ2n) is 8.88. The predicted molar refractivity (Wildman–Crippen MR) is 97.4 cm³/mol. The fraction of sp³-hybridized carbons (Fsp3) is 0.619. The van der Waals surface area contributed by atoms with Crippen LogP contribution in [0.3, 0.4) is 0 Å². The largest absolute Gasteiger partial charge is 0.448 e. The summed E-state index contributed by atoms with van der Waals surface area (Å²) in [6, 6.07) is 10.5. The van der Waals surface area contributed by atoms with Gasteiger partial charge in [0.25, 0.3) is 5.91 Å². The number of benzene rings is 1. The number of hydrogen-bond acceptors (Lipinski definition) is 3. The molecular formula is C21H29N2O3+. The van der Waals surface area contributed by atoms with Gasteiger partial charge in [-0.1, -0.05) is 44.2 Å². The minimum absolute atomic E-state index is 0.0239. The number of carbonyl (C=O) groups is 2. The Morgan fingerprint density at radius 2 is 1.77 bits per heavy atom. The first kappa shape index (κ1) is 17.5. The van der Waals surface area contributed by atoms with Gasteiger partial charge in [-0.2, -0.15) is 0 Å². The Bertz CT molecular complexity index is 724. The molecule has 3 aliphatic rings. The van der Waals surface area contributed by atoms with Crippen LogP contribution in [0.25, 0.3) is 0 Å². The summed E-state index contributed by atoms with van der Waals surface area (Å²) in [5.41, 5.74) is -0.626. The summed E-state index contributed by atoms with van der Waals surface area (Å²) in [6.45, 7) is 10.3. The number of fused-ring (bicyclic) bond motifs is 2. The number of rotatable bonds is 3. The molecule has 2 aliphatic heterocycles. The molecule has 140 valence electrons. The number of esters is 1. The third-order valence-corrected chi connectivity index (χ3v) is 7.48. The molecule has 3 fully saturated rings. The van der Waals surface area contributed by atoms with Crippen molar-refractivity contribution in [1.29, 1.82) is 0 Å². The summed E-state index contributed by atoms with van der Waals surface area (Å²) in [7, 11) is 0. The van der Waals surface area contributed by atoms with Crippen molar-refractivity contribution in [3.8, 4) is 0 Å². The van der Waals surface area contributed by atoms with Crippen molar-refractivity contribution in [1.82, 2.24) is 4.90 Å². The lowest BCUT2D eigenvalue weighted by Gasteiger charge is -2.41. The Balaban J connectivity index is 1.44. The smallest absolute Gasteiger partial charge is 0.313 e. The maximum atomic E-state index is 13.4. The SMILES string of the molecule is CC1(C)[C@@]2(C)CC[C@]1(C(=O)N1CC[NH+](Cc3ccccc3)CC1)OC2=O. The van der Waals surface area contributed by atoms with E-state index in [0.717, 1.165) is 39.1 Å². The highest BCUT2D eigenvalue weighted by Crippen LogP contribution is 2.65. The van der Waals surface area contributed by atoms with Crippen LogP contribution in [0.4, 0.5) is 0 Å². The molecule has 2 atom stereocenters. The number of hydrogen-bond donors (Lipinski definition) is 1. The maximum Gasteiger partial charge on any atom is 0.313 e. The number of quaternary nitrogens is 1. The molecule has 26 heavy (non-hydrogen) atoms. The van der Waals surface area contributed by atoms with Gasteiger partial charge >= 0.3 is 5.97 Å². The molecule has 2 heterocycles. The van der Waals surface area contributed by atoms with E-state index in [-0.39, 0.29) is 11.9 Å². The minimum Gasteiger partial charge on any atom is -0.448 e. The van der Waals surface area contributed by atoms with E-state index in [4.69, 9.17) is 4.74 Å². The fourth-order valence-electron chi connectivity index (χ4n) is 5.06. The molecule has 4 rings (SSSR count). The third kappa shape index (κ3) is 2.26. The summed E-state index contributed by atoms with van der Waals surface area (Å²) >= 11 is 0. The van der Waals surface area contributed by atoms with Crippen LogP contribution >= 0.6 is 0 Å². The molecule has 1 saturated carbocycles. The van der Waals surface area contributed by atoms with Crippen LogP contribution in [0.15, 0.2) is 30.3 Å². The van der Waals surface area contributed by atoms with Gasteiger partial charge < -0.3 is 14.5 Å². The number of nitrogens with zero attached hydrogens (tertiary/aromatic N) is 1. The molecule has 0 unspecified atom stereocenters. The lowest BCUT2D eigenvalue weighted by molar-refractivity contribution is -0.917. The number of ether oxygens (including phenoxy) is 1. The van der Waals surface area contributed by atoms with Crippen LogP contribution < -0.4 is 4.90 Å². The van der Waals surface area contributed by atoms with Crippen LogP contribution in [0.2, 0.25) is 0 Å². The van der Waals surface area contributed by atoms with Crippen molar-refractivity contribution in [3.05, 3.63) is 35.9 Å². The first-order valence-corrected chi connectivity index (χ1v) is 9.70. The molecule has 5 nitrogen and oxygen atoms in total. The van der Waals surface area contributed by atoms with Gasteiger partial charge in [0.15, 0.2) is 5.60 Å². The molecule has 2 bridgehead atoms. The van der Waals surface area contributed by atoms with Gasteiger partial charge in [-0.15, -0.1) is 0 Å². The van der Waals surface area contributed by atoms with Crippen molar-refractivity contribution in [3.63, 3.8) is 0 Å². The van der Waals surface area contributed by atoms with Gasteiger partial charge in [0.05, 0.1) is 31.6 Å². The Morgan fingerprint density at radius 3 is 2.31 bits per heavy atom. The van der Waals surface area contributed by atoms with Crippen molar-refractivity contribution in [2.24, 2.45) is 10.8 Å². The number of nitrogens with one attached hydrogen (secondary N) is 1. The summed E-state index contributed by atoms with van der Waals surface area (Å²) in [5, 5.41) is 0. The van der Waals surface area contributed by atoms with E-state index in [1.54, 1.807) is 0 Å². The normalized spacial score (nSPS) is 33.3. The molecule has 0 aromatic heterocycles. The average molecular weight is 357 g/mol. The topological polar surface area (TPSA) is 51.1 Å². The summed E-state index contributed by atoms with van der Waals surface area (Å²) in [5.74, 6) is -0.175. The zero-order chi connectivity index (χ0) is 18.6. The number of carbonyl (C=O) groups excluding carboxylic acids is 2. The van der Waals surface area contributed by atoms with Gasteiger partial charge in [0, 0.05) is 11.0 Å². The Kier molecular flexibility index (Phi) is 3.92. The van der Waals surface area contributed by atoms with E-state index in [9.17, 15) is 9.59 Å². The molecule has 5 heteroatoms. The van der Waals surface area contributed by atoms with Gasteiger partial charge in [0.1, 0.15) is 6.54 Å². The Morgan fingerprint density at radius 1 is 1.12 bits per heavy atom. The van der Waals surface area contributed by atoms with Crippen LogP contribution in [0, 0.1) is 10.8 Å². The molecule has 1 aromatic carbocycles. The van der Waals surface area contributed by atoms with Crippen LogP contribution in [-0.2, 0) is 20.9 Å². The second kappa shape index (κ2) is 5.81. The molecule has 1 N–H and O–H groups in total. The van der Waals surface area contributed by atoms with Crippen LogP contribution in [-0.4, -0.2) is 48.6 Å². The van der Waals surface area contributed by atoms with Crippen LogP contribution in [0.5, 0.6) is 0 Å². The molecule has 1 amide bonds. The molecule has 0 radical (unpaired) electrons. The highest BCUT2D eigenvalue weighted by Gasteiger charge is 2.76. The van der Waals surface area contributed by atoms with E-state index in [0.29, 0.717) is 6.42 Å². The molecule has 0 spiro atoms. The van der Waals surface area contributed by atoms with Gasteiger partial charge in [0.2, 0.25) is 0 Å². The van der Waals surface area contributed by atoms with Crippen molar-refractivity contribution < 1.29 is 19.2 Å². The standard InChI is InChI=1S/C21H28N2O3/c1-19(2)20(3)9-10-21(19,26-18(20)25)17(24)23-13-11-22(12-14-23)15-16-7-5-4-6-8-16/h4-8H,9-15H2,1-3H3/p+1/t20-,21+/m0/s1. The second-order valence-corrected chi connectivity index (χ2v) is 8.88. The molecule has 2 saturated heterocycles. The van der Waals surface area contributed by atoms with Crippen molar-refractivity contribution in [2.45, 2.75) is 45.8 Å². The van der Waals surface area contributed by atoms with Gasteiger partial charge in [-0.3, -0.25) is 9.59 Å². The fourth-order valence-corrected chi connectivity index (χ4v) is 5.06. The first-order valence-electron chi connectivity index (χ1n) is 9.70. The highest BCUT2D eigenvalue weighted by atomic mass is 16.6. The third-order valence-electron chi connectivity index (χ3n) is 7.48. The summed E-state index contributed by atoms with van der Waals surface area (Å²) in [4.78, 5) is 29.2. The van der Waals surface area contributed by atoms with E-state index in [2.05, 4.69) is 24.3 Å². The molecule has 1 aromatic rings. The number of amides is 1. The zero-order valence-electron chi connectivity index (χ0n) is 16.0. The summed E-state index contributed by atoms with van der Waals surface area (Å²) < 4.78 is 5.77. The monoisotopic (exact) mass is 357 g/mol. The predicted octanol–water partition coefficient (Wildman–Crippen LogP) is 1.04. The Labute approximate surface area is 155 Å². The lowest BCUT2D eigenvalue weighted by atomic mass is 9.66. The minimum atomic E-state index is -0.963. The summed E-state index contributed by atoms with van der Waals surface area (Å²) in [6.07, 6.45) is 1.39. The van der Waals surface area contributed by atoms with Gasteiger partial charge in [-0.25, -0.2) is 0 Å². The van der Waals surface area contributed by atoms with E-state index >= 15 is 0 Å². The first-order chi connectivity index (χ1) is 12.3. The van der Waals surface area contributed by atoms with Gasteiger partial charge in [-0.05, 0) is 19.8 Å². The van der Waals surface area contributed by atoms with E-state index < -0.39 is 16.4 Å². The Hall–Kier alpha value is -1.88. The van der Waals surface area contributed by atoms with Crippen LogP contribution in [0.1, 0.15) is 39.2 Å². The van der Waals surface area contributed by atoms with Crippen molar-refractivity contribution >= 4 is 11.9 Å². The maximum absolute atomic E-state index is 13.4. The quantitative estimate of drug-likeness (QED) is 0.823.